The van der Waals surface area contributed by atoms with Crippen molar-refractivity contribution < 1.29 is 9.90 Å². The highest BCUT2D eigenvalue weighted by atomic mass is 79.9. The Morgan fingerprint density at radius 2 is 2.17 bits per heavy atom. The van der Waals surface area contributed by atoms with Crippen LogP contribution < -0.4 is 0 Å². The normalized spacial score (nSPS) is 10.6. The lowest BCUT2D eigenvalue weighted by atomic mass is 10.2. The summed E-state index contributed by atoms with van der Waals surface area (Å²) in [5.41, 5.74) is 3.52. The molecule has 0 atom stereocenters. The molecular formula is C13H13BrN2O2. The van der Waals surface area contributed by atoms with E-state index in [-0.39, 0.29) is 6.42 Å². The summed E-state index contributed by atoms with van der Waals surface area (Å²) in [6, 6.07) is 5.90. The molecule has 0 radical (unpaired) electrons. The number of carboxylic acids is 1. The zero-order valence-corrected chi connectivity index (χ0v) is 11.7. The number of carboxylic acid groups (broad SMARTS) is 1. The molecule has 0 aliphatic rings. The first-order chi connectivity index (χ1) is 8.47. The van der Waals surface area contributed by atoms with Crippen molar-refractivity contribution in [2.75, 3.05) is 0 Å². The molecule has 1 aromatic carbocycles. The molecule has 0 aliphatic heterocycles. The average molecular weight is 309 g/mol. The second-order valence-electron chi connectivity index (χ2n) is 4.19. The van der Waals surface area contributed by atoms with E-state index in [0.29, 0.717) is 0 Å². The van der Waals surface area contributed by atoms with Gasteiger partial charge in [0.1, 0.15) is 0 Å². The summed E-state index contributed by atoms with van der Waals surface area (Å²) < 4.78 is 2.76. The predicted octanol–water partition coefficient (Wildman–Crippen LogP) is 2.88. The van der Waals surface area contributed by atoms with E-state index in [4.69, 9.17) is 5.11 Å². The number of nitrogens with zero attached hydrogens (tertiary/aromatic N) is 2. The van der Waals surface area contributed by atoms with Gasteiger partial charge in [-0.25, -0.2) is 4.68 Å². The molecule has 0 aliphatic carbocycles. The highest BCUT2D eigenvalue weighted by Gasteiger charge is 2.10. The van der Waals surface area contributed by atoms with Gasteiger partial charge in [0.25, 0.3) is 0 Å². The Bertz CT molecular complexity index is 605. The summed E-state index contributed by atoms with van der Waals surface area (Å²) in [6.07, 6.45) is 1.77. The first-order valence-corrected chi connectivity index (χ1v) is 6.30. The van der Waals surface area contributed by atoms with Gasteiger partial charge in [-0.05, 0) is 37.6 Å². The number of rotatable bonds is 3. The molecule has 0 amide bonds. The molecule has 1 N–H and O–H groups in total. The lowest BCUT2D eigenvalue weighted by Gasteiger charge is -2.04. The third kappa shape index (κ3) is 2.61. The molecule has 18 heavy (non-hydrogen) atoms. The minimum Gasteiger partial charge on any atom is -0.481 e. The molecule has 94 valence electrons. The Hall–Kier alpha value is -1.62. The molecular weight excluding hydrogens is 296 g/mol. The van der Waals surface area contributed by atoms with E-state index in [1.165, 1.54) is 0 Å². The zero-order valence-electron chi connectivity index (χ0n) is 10.1. The highest BCUT2D eigenvalue weighted by Crippen LogP contribution is 2.20. The number of hydrogen-bond acceptors (Lipinski definition) is 2. The maximum Gasteiger partial charge on any atom is 0.307 e. The highest BCUT2D eigenvalue weighted by molar-refractivity contribution is 9.10. The van der Waals surface area contributed by atoms with Crippen LogP contribution in [0.15, 0.2) is 28.9 Å². The largest absolute Gasteiger partial charge is 0.481 e. The van der Waals surface area contributed by atoms with E-state index in [1.807, 2.05) is 32.0 Å². The van der Waals surface area contributed by atoms with Crippen molar-refractivity contribution in [3.8, 4) is 5.69 Å². The van der Waals surface area contributed by atoms with Gasteiger partial charge in [-0.3, -0.25) is 4.79 Å². The molecule has 1 aromatic heterocycles. The van der Waals surface area contributed by atoms with Gasteiger partial charge in [0, 0.05) is 16.2 Å². The van der Waals surface area contributed by atoms with Crippen molar-refractivity contribution in [1.29, 1.82) is 0 Å². The Labute approximate surface area is 113 Å². The number of carbonyl (C=O) groups is 1. The molecule has 1 heterocycles. The first-order valence-electron chi connectivity index (χ1n) is 5.51. The van der Waals surface area contributed by atoms with E-state index in [1.54, 1.807) is 10.9 Å². The van der Waals surface area contributed by atoms with Crippen molar-refractivity contribution in [3.05, 3.63) is 45.7 Å². The van der Waals surface area contributed by atoms with Crippen LogP contribution in [0.2, 0.25) is 0 Å². The monoisotopic (exact) mass is 308 g/mol. The Morgan fingerprint density at radius 1 is 1.44 bits per heavy atom. The van der Waals surface area contributed by atoms with Crippen molar-refractivity contribution in [1.82, 2.24) is 9.78 Å². The summed E-state index contributed by atoms with van der Waals surface area (Å²) in [5, 5.41) is 13.2. The van der Waals surface area contributed by atoms with E-state index in [2.05, 4.69) is 21.0 Å². The standard InChI is InChI=1S/C13H13BrN2O2/c1-8-5-11(3-4-12(8)14)16-7-10(6-13(17)18)9(2)15-16/h3-5,7H,6H2,1-2H3,(H,17,18). The molecule has 0 saturated heterocycles. The van der Waals surface area contributed by atoms with Gasteiger partial charge in [0.05, 0.1) is 17.8 Å². The first kappa shape index (κ1) is 12.8. The van der Waals surface area contributed by atoms with Crippen molar-refractivity contribution >= 4 is 21.9 Å². The second kappa shape index (κ2) is 4.94. The van der Waals surface area contributed by atoms with Gasteiger partial charge >= 0.3 is 5.97 Å². The second-order valence-corrected chi connectivity index (χ2v) is 5.04. The minimum absolute atomic E-state index is 0.00133. The molecule has 0 bridgehead atoms. The molecule has 0 saturated carbocycles. The van der Waals surface area contributed by atoms with Crippen LogP contribution in [0.4, 0.5) is 0 Å². The summed E-state index contributed by atoms with van der Waals surface area (Å²) in [5.74, 6) is -0.843. The number of aryl methyl sites for hydroxylation is 2. The van der Waals surface area contributed by atoms with Crippen molar-refractivity contribution in [2.24, 2.45) is 0 Å². The number of benzene rings is 1. The lowest BCUT2D eigenvalue weighted by Crippen LogP contribution is -2.00. The fraction of sp³-hybridized carbons (Fsp3) is 0.231. The molecule has 4 nitrogen and oxygen atoms in total. The van der Waals surface area contributed by atoms with Crippen LogP contribution in [-0.4, -0.2) is 20.9 Å². The van der Waals surface area contributed by atoms with E-state index < -0.39 is 5.97 Å². The van der Waals surface area contributed by atoms with Crippen LogP contribution in [-0.2, 0) is 11.2 Å². The lowest BCUT2D eigenvalue weighted by molar-refractivity contribution is -0.136. The smallest absolute Gasteiger partial charge is 0.307 e. The van der Waals surface area contributed by atoms with Gasteiger partial charge in [0.15, 0.2) is 0 Å². The minimum atomic E-state index is -0.843. The van der Waals surface area contributed by atoms with Gasteiger partial charge in [-0.2, -0.15) is 5.10 Å². The molecule has 2 rings (SSSR count). The van der Waals surface area contributed by atoms with Crippen LogP contribution in [0, 0.1) is 13.8 Å². The zero-order chi connectivity index (χ0) is 13.3. The van der Waals surface area contributed by atoms with Crippen LogP contribution in [0.3, 0.4) is 0 Å². The Kier molecular flexibility index (Phi) is 3.52. The molecule has 0 spiro atoms. The van der Waals surface area contributed by atoms with E-state index in [0.717, 1.165) is 27.0 Å². The van der Waals surface area contributed by atoms with Gasteiger partial charge in [-0.1, -0.05) is 15.9 Å². The number of aliphatic carboxylic acids is 1. The van der Waals surface area contributed by atoms with Crippen molar-refractivity contribution in [2.45, 2.75) is 20.3 Å². The van der Waals surface area contributed by atoms with Gasteiger partial charge < -0.3 is 5.11 Å². The van der Waals surface area contributed by atoms with Crippen LogP contribution in [0.1, 0.15) is 16.8 Å². The average Bonchev–Trinajstić information content (AvgIpc) is 2.63. The van der Waals surface area contributed by atoms with E-state index >= 15 is 0 Å². The third-order valence-corrected chi connectivity index (χ3v) is 3.64. The summed E-state index contributed by atoms with van der Waals surface area (Å²) in [6.45, 7) is 3.82. The number of aromatic nitrogens is 2. The number of halogens is 1. The topological polar surface area (TPSA) is 55.1 Å². The van der Waals surface area contributed by atoms with Gasteiger partial charge in [-0.15, -0.1) is 0 Å². The van der Waals surface area contributed by atoms with Crippen LogP contribution >= 0.6 is 15.9 Å². The molecule has 5 heteroatoms. The third-order valence-electron chi connectivity index (χ3n) is 2.75. The van der Waals surface area contributed by atoms with E-state index in [9.17, 15) is 4.79 Å². The Morgan fingerprint density at radius 3 is 2.78 bits per heavy atom. The summed E-state index contributed by atoms with van der Waals surface area (Å²) >= 11 is 3.45. The molecule has 2 aromatic rings. The van der Waals surface area contributed by atoms with Crippen LogP contribution in [0.25, 0.3) is 5.69 Å². The van der Waals surface area contributed by atoms with Gasteiger partial charge in [0.2, 0.25) is 0 Å². The molecule has 0 unspecified atom stereocenters. The fourth-order valence-electron chi connectivity index (χ4n) is 1.74. The molecule has 0 fully saturated rings. The maximum absolute atomic E-state index is 10.7. The quantitative estimate of drug-likeness (QED) is 0.948. The Balaban J connectivity index is 2.39. The summed E-state index contributed by atoms with van der Waals surface area (Å²) in [7, 11) is 0. The number of hydrogen-bond donors (Lipinski definition) is 1. The maximum atomic E-state index is 10.7. The van der Waals surface area contributed by atoms with Crippen molar-refractivity contribution in [3.63, 3.8) is 0 Å². The SMILES string of the molecule is Cc1cc(-n2cc(CC(=O)O)c(C)n2)ccc1Br. The summed E-state index contributed by atoms with van der Waals surface area (Å²) in [4.78, 5) is 10.7. The van der Waals surface area contributed by atoms with Crippen LogP contribution in [0.5, 0.6) is 0 Å². The fourth-order valence-corrected chi connectivity index (χ4v) is 1.98. The predicted molar refractivity (Wildman–Crippen MR) is 72.1 cm³/mol.